The van der Waals surface area contributed by atoms with Crippen LogP contribution >= 0.6 is 0 Å². The minimum Gasteiger partial charge on any atom is -0.325 e. The van der Waals surface area contributed by atoms with Gasteiger partial charge in [-0.1, -0.05) is 0 Å². The molecule has 3 N–H and O–H groups in total. The Morgan fingerprint density at radius 2 is 2.30 bits per heavy atom. The fourth-order valence-electron chi connectivity index (χ4n) is 2.32. The van der Waals surface area contributed by atoms with Crippen LogP contribution in [0.3, 0.4) is 0 Å². The zero-order valence-corrected chi connectivity index (χ0v) is 12.5. The summed E-state index contributed by atoms with van der Waals surface area (Å²) in [4.78, 5) is 16.4. The zero-order chi connectivity index (χ0) is 16.6. The highest BCUT2D eigenvalue weighted by Gasteiger charge is 2.29. The highest BCUT2D eigenvalue weighted by molar-refractivity contribution is 6.06. The monoisotopic (exact) mass is 323 g/mol. The summed E-state index contributed by atoms with van der Waals surface area (Å²) in [6, 6.07) is 0. The lowest BCUT2D eigenvalue weighted by Crippen LogP contribution is -2.38. The van der Waals surface area contributed by atoms with Crippen LogP contribution in [0.2, 0.25) is 0 Å². The van der Waals surface area contributed by atoms with Crippen molar-refractivity contribution in [3.05, 3.63) is 35.6 Å². The Kier molecular flexibility index (Phi) is 3.82. The summed E-state index contributed by atoms with van der Waals surface area (Å²) >= 11 is 0. The van der Waals surface area contributed by atoms with Crippen molar-refractivity contribution in [2.45, 2.75) is 6.43 Å². The number of hydrogen-bond acceptors (Lipinski definition) is 5. The highest BCUT2D eigenvalue weighted by atomic mass is 19.3. The lowest BCUT2D eigenvalue weighted by Gasteiger charge is -2.23. The van der Waals surface area contributed by atoms with E-state index >= 15 is 0 Å². The van der Waals surface area contributed by atoms with E-state index in [9.17, 15) is 13.6 Å². The molecule has 23 heavy (non-hydrogen) atoms. The Bertz CT molecular complexity index is 735. The Hall–Kier alpha value is -2.75. The molecule has 0 saturated heterocycles. The smallest absolute Gasteiger partial charge is 0.284 e. The molecule has 0 spiro atoms. The summed E-state index contributed by atoms with van der Waals surface area (Å²) in [6.07, 6.45) is 2.05. The molecular weight excluding hydrogens is 308 g/mol. The number of amidine groups is 1. The van der Waals surface area contributed by atoms with Gasteiger partial charge >= 0.3 is 0 Å². The number of anilines is 1. The third-order valence-electron chi connectivity index (χ3n) is 3.41. The van der Waals surface area contributed by atoms with Gasteiger partial charge in [0.15, 0.2) is 5.69 Å². The minimum absolute atomic E-state index is 0.00483. The number of halogens is 2. The number of carbonyl (C=O) groups excluding carboxylic acids is 1. The topological polar surface area (TPSA) is 86.6 Å². The quantitative estimate of drug-likeness (QED) is 0.753. The van der Waals surface area contributed by atoms with Gasteiger partial charge in [-0.3, -0.25) is 19.5 Å². The first kappa shape index (κ1) is 15.2. The number of rotatable bonds is 3. The van der Waals surface area contributed by atoms with Crippen LogP contribution in [0.1, 0.15) is 12.1 Å². The van der Waals surface area contributed by atoms with E-state index in [-0.39, 0.29) is 12.2 Å². The molecule has 2 aliphatic rings. The van der Waals surface area contributed by atoms with Gasteiger partial charge in [-0.25, -0.2) is 14.2 Å². The van der Waals surface area contributed by atoms with Gasteiger partial charge in [-0.05, 0) is 6.08 Å². The highest BCUT2D eigenvalue weighted by Crippen LogP contribution is 2.26. The molecule has 0 fully saturated rings. The molecule has 1 aromatic rings. The van der Waals surface area contributed by atoms with Gasteiger partial charge in [0.2, 0.25) is 0 Å². The van der Waals surface area contributed by atoms with Gasteiger partial charge in [0.05, 0.1) is 11.3 Å². The first-order chi connectivity index (χ1) is 11.0. The maximum absolute atomic E-state index is 12.9. The molecular formula is C13H15F2N7O. The van der Waals surface area contributed by atoms with Crippen LogP contribution in [0, 0.1) is 0 Å². The number of hydrazine groups is 1. The van der Waals surface area contributed by atoms with E-state index in [2.05, 4.69) is 26.2 Å². The standard InChI is InChI=1S/C13H15F2N7O/c1-16-9-3-4-22-12(19-9)7(5-17-22)13(23)18-8-6-21(2)20-10(8)11(14)15/h3-4,6,11,17H,5H2,1-2H3,(H,16,19)(H,18,23). The zero-order valence-electron chi connectivity index (χ0n) is 12.5. The first-order valence-corrected chi connectivity index (χ1v) is 6.80. The summed E-state index contributed by atoms with van der Waals surface area (Å²) in [5, 5.41) is 10.8. The second-order valence-corrected chi connectivity index (χ2v) is 4.94. The summed E-state index contributed by atoms with van der Waals surface area (Å²) in [6.45, 7) is 0.264. The molecule has 0 atom stereocenters. The lowest BCUT2D eigenvalue weighted by atomic mass is 10.2. The normalized spacial score (nSPS) is 18.7. The molecule has 0 saturated carbocycles. The number of aromatic nitrogens is 2. The molecule has 122 valence electrons. The Balaban J connectivity index is 1.86. The fraction of sp³-hybridized carbons (Fsp3) is 0.308. The van der Waals surface area contributed by atoms with Crippen molar-refractivity contribution in [1.29, 1.82) is 0 Å². The van der Waals surface area contributed by atoms with Crippen LogP contribution in [0.5, 0.6) is 0 Å². The largest absolute Gasteiger partial charge is 0.325 e. The molecule has 0 unspecified atom stereocenters. The molecule has 3 rings (SSSR count). The maximum Gasteiger partial charge on any atom is 0.284 e. The summed E-state index contributed by atoms with van der Waals surface area (Å²) < 4.78 is 27.1. The second-order valence-electron chi connectivity index (χ2n) is 4.94. The Morgan fingerprint density at radius 3 is 3.00 bits per heavy atom. The molecule has 0 radical (unpaired) electrons. The summed E-state index contributed by atoms with van der Waals surface area (Å²) in [5.74, 6) is 0.635. The average molecular weight is 323 g/mol. The molecule has 8 nitrogen and oxygen atoms in total. The minimum atomic E-state index is -2.77. The second kappa shape index (κ2) is 5.80. The van der Waals surface area contributed by atoms with Gasteiger partial charge < -0.3 is 10.6 Å². The predicted molar refractivity (Wildman–Crippen MR) is 79.3 cm³/mol. The maximum atomic E-state index is 12.9. The van der Waals surface area contributed by atoms with Crippen LogP contribution in [-0.4, -0.2) is 40.1 Å². The van der Waals surface area contributed by atoms with Crippen molar-refractivity contribution in [3.8, 4) is 0 Å². The van der Waals surface area contributed by atoms with Crippen molar-refractivity contribution in [2.24, 2.45) is 12.0 Å². The summed E-state index contributed by atoms with van der Waals surface area (Å²) in [5.41, 5.74) is 2.91. The van der Waals surface area contributed by atoms with E-state index in [0.29, 0.717) is 17.2 Å². The van der Waals surface area contributed by atoms with Crippen LogP contribution in [0.15, 0.2) is 34.9 Å². The summed E-state index contributed by atoms with van der Waals surface area (Å²) in [7, 11) is 3.13. The number of fused-ring (bicyclic) bond motifs is 1. The van der Waals surface area contributed by atoms with Crippen molar-refractivity contribution in [1.82, 2.24) is 25.5 Å². The van der Waals surface area contributed by atoms with E-state index in [0.717, 1.165) is 0 Å². The van der Waals surface area contributed by atoms with Gasteiger partial charge in [-0.15, -0.1) is 0 Å². The van der Waals surface area contributed by atoms with E-state index in [1.165, 1.54) is 17.9 Å². The van der Waals surface area contributed by atoms with E-state index in [1.807, 2.05) is 0 Å². The first-order valence-electron chi connectivity index (χ1n) is 6.80. The lowest BCUT2D eigenvalue weighted by molar-refractivity contribution is -0.112. The number of amides is 1. The van der Waals surface area contributed by atoms with Gasteiger partial charge in [0, 0.05) is 33.0 Å². The van der Waals surface area contributed by atoms with Crippen LogP contribution in [0.4, 0.5) is 14.5 Å². The number of hydrogen-bond donors (Lipinski definition) is 3. The molecule has 0 aromatic carbocycles. The average Bonchev–Trinajstić information content (AvgIpc) is 3.09. The third-order valence-corrected chi connectivity index (χ3v) is 3.41. The molecule has 3 heterocycles. The van der Waals surface area contributed by atoms with E-state index < -0.39 is 18.0 Å². The number of carbonyl (C=O) groups is 1. The van der Waals surface area contributed by atoms with Gasteiger partial charge in [0.25, 0.3) is 12.3 Å². The third kappa shape index (κ3) is 2.80. The fourth-order valence-corrected chi connectivity index (χ4v) is 2.32. The molecule has 1 amide bonds. The molecule has 10 heteroatoms. The Labute approximate surface area is 130 Å². The molecule has 2 aliphatic heterocycles. The molecule has 0 aliphatic carbocycles. The van der Waals surface area contributed by atoms with Crippen LogP contribution in [-0.2, 0) is 11.8 Å². The van der Waals surface area contributed by atoms with Crippen molar-refractivity contribution < 1.29 is 13.6 Å². The molecule has 0 bridgehead atoms. The number of aliphatic imine (C=N–C) groups is 1. The van der Waals surface area contributed by atoms with Gasteiger partial charge in [-0.2, -0.15) is 5.10 Å². The van der Waals surface area contributed by atoms with E-state index in [1.54, 1.807) is 24.3 Å². The van der Waals surface area contributed by atoms with Crippen molar-refractivity contribution in [2.75, 3.05) is 18.9 Å². The molecule has 1 aromatic heterocycles. The van der Waals surface area contributed by atoms with E-state index in [4.69, 9.17) is 0 Å². The van der Waals surface area contributed by atoms with Crippen molar-refractivity contribution >= 4 is 17.4 Å². The number of aryl methyl sites for hydroxylation is 1. The number of alkyl halides is 2. The Morgan fingerprint density at radius 1 is 1.52 bits per heavy atom. The predicted octanol–water partition coefficient (Wildman–Crippen LogP) is 0.473. The van der Waals surface area contributed by atoms with Crippen LogP contribution in [0.25, 0.3) is 0 Å². The SMILES string of the molecule is CN=C1C=CN2NCC(C(=O)Nc3cn(C)nc3C(F)F)=C2N1. The van der Waals surface area contributed by atoms with Gasteiger partial charge in [0.1, 0.15) is 11.7 Å². The number of nitrogens with one attached hydrogen (secondary N) is 3. The van der Waals surface area contributed by atoms with Crippen molar-refractivity contribution in [3.63, 3.8) is 0 Å². The number of nitrogens with zero attached hydrogens (tertiary/aromatic N) is 4. The van der Waals surface area contributed by atoms with Crippen LogP contribution < -0.4 is 16.1 Å².